The number of anilines is 1. The minimum atomic E-state index is -3.91. The third-order valence-corrected chi connectivity index (χ3v) is 7.64. The van der Waals surface area contributed by atoms with E-state index >= 15 is 0 Å². The molecule has 1 N–H and O–H groups in total. The van der Waals surface area contributed by atoms with E-state index in [2.05, 4.69) is 10.5 Å². The van der Waals surface area contributed by atoms with Gasteiger partial charge in [0.25, 0.3) is 0 Å². The molecule has 0 unspecified atom stereocenters. The zero-order chi connectivity index (χ0) is 23.6. The topological polar surface area (TPSA) is 106 Å². The Labute approximate surface area is 193 Å². The number of rotatable bonds is 6. The summed E-state index contributed by atoms with van der Waals surface area (Å²) in [7, 11) is -3.91. The number of piperidine rings is 1. The van der Waals surface area contributed by atoms with Crippen LogP contribution in [0.3, 0.4) is 0 Å². The molecule has 2 aromatic heterocycles. The number of aromatic nitrogens is 1. The van der Waals surface area contributed by atoms with E-state index in [0.29, 0.717) is 25.1 Å². The molecule has 174 valence electrons. The molecule has 1 aliphatic rings. The monoisotopic (exact) mass is 469 g/mol. The minimum Gasteiger partial charge on any atom is -0.465 e. The maximum atomic E-state index is 13.5. The van der Waals surface area contributed by atoms with Gasteiger partial charge >= 0.3 is 0 Å². The molecule has 0 saturated carbocycles. The Morgan fingerprint density at radius 2 is 1.94 bits per heavy atom. The lowest BCUT2D eigenvalue weighted by Gasteiger charge is -2.31. The highest BCUT2D eigenvalue weighted by Crippen LogP contribution is 2.30. The molecule has 1 fully saturated rings. The van der Waals surface area contributed by atoms with E-state index in [1.807, 2.05) is 32.0 Å². The van der Waals surface area contributed by atoms with Crippen LogP contribution in [-0.4, -0.2) is 36.9 Å². The number of carbonyl (C=O) groups excluding carboxylic acids is 1. The Kier molecular flexibility index (Phi) is 6.53. The van der Waals surface area contributed by atoms with E-state index in [9.17, 15) is 13.2 Å². The number of hydrogen-bond donors (Lipinski definition) is 1. The lowest BCUT2D eigenvalue weighted by Crippen LogP contribution is -2.43. The third kappa shape index (κ3) is 5.09. The van der Waals surface area contributed by atoms with Crippen molar-refractivity contribution in [3.63, 3.8) is 0 Å². The number of hydrogen-bond acceptors (Lipinski definition) is 6. The number of amides is 1. The van der Waals surface area contributed by atoms with Gasteiger partial charge in [-0.05, 0) is 81.2 Å². The van der Waals surface area contributed by atoms with Crippen LogP contribution in [0.25, 0.3) is 12.2 Å². The fraction of sp³-hybridized carbons (Fsp3) is 0.333. The molecule has 1 aromatic carbocycles. The van der Waals surface area contributed by atoms with Crippen molar-refractivity contribution >= 4 is 33.8 Å². The molecule has 8 nitrogen and oxygen atoms in total. The molecule has 0 bridgehead atoms. The van der Waals surface area contributed by atoms with Crippen molar-refractivity contribution in [3.8, 4) is 0 Å². The molecule has 1 aliphatic heterocycles. The van der Waals surface area contributed by atoms with E-state index in [1.165, 1.54) is 16.6 Å². The molecule has 1 saturated heterocycles. The molecular weight excluding hydrogens is 442 g/mol. The second-order valence-corrected chi connectivity index (χ2v) is 10.3. The van der Waals surface area contributed by atoms with Gasteiger partial charge in [-0.1, -0.05) is 11.2 Å². The number of aryl methyl sites for hydroxylation is 3. The minimum absolute atomic E-state index is 0.0145. The van der Waals surface area contributed by atoms with Gasteiger partial charge in [-0.2, -0.15) is 4.31 Å². The second-order valence-electron chi connectivity index (χ2n) is 8.38. The Hall–Kier alpha value is -3.17. The molecule has 1 amide bonds. The Morgan fingerprint density at radius 1 is 1.18 bits per heavy atom. The third-order valence-electron chi connectivity index (χ3n) is 5.62. The maximum absolute atomic E-state index is 13.5. The summed E-state index contributed by atoms with van der Waals surface area (Å²) in [6, 6.07) is 9.32. The van der Waals surface area contributed by atoms with Crippen LogP contribution in [0, 0.1) is 26.7 Å². The van der Waals surface area contributed by atoms with Gasteiger partial charge in [-0.25, -0.2) is 8.42 Å². The van der Waals surface area contributed by atoms with Gasteiger partial charge in [-0.15, -0.1) is 0 Å². The van der Waals surface area contributed by atoms with E-state index < -0.39 is 15.9 Å². The molecular formula is C24H27N3O5S. The molecule has 33 heavy (non-hydrogen) atoms. The normalized spacial score (nSPS) is 17.5. The molecule has 9 heteroatoms. The summed E-state index contributed by atoms with van der Waals surface area (Å²) >= 11 is 0. The van der Waals surface area contributed by atoms with Gasteiger partial charge in [0.15, 0.2) is 10.7 Å². The molecule has 4 rings (SSSR count). The van der Waals surface area contributed by atoms with Crippen LogP contribution in [0.15, 0.2) is 50.4 Å². The fourth-order valence-corrected chi connectivity index (χ4v) is 5.91. The summed E-state index contributed by atoms with van der Waals surface area (Å²) in [6.45, 7) is 5.97. The second kappa shape index (κ2) is 9.36. The summed E-state index contributed by atoms with van der Waals surface area (Å²) in [5.41, 5.74) is 3.10. The Balaban J connectivity index is 1.53. The molecule has 3 heterocycles. The average Bonchev–Trinajstić information content (AvgIpc) is 3.41. The largest absolute Gasteiger partial charge is 0.465 e. The number of furan rings is 1. The first-order valence-electron chi connectivity index (χ1n) is 10.8. The zero-order valence-corrected chi connectivity index (χ0v) is 19.7. The van der Waals surface area contributed by atoms with E-state index in [-0.39, 0.29) is 28.8 Å². The van der Waals surface area contributed by atoms with Crippen LogP contribution in [0.1, 0.15) is 41.2 Å². The highest BCUT2D eigenvalue weighted by atomic mass is 32.2. The predicted molar refractivity (Wildman–Crippen MR) is 125 cm³/mol. The van der Waals surface area contributed by atoms with Crippen molar-refractivity contribution in [2.45, 2.75) is 38.5 Å². The summed E-state index contributed by atoms with van der Waals surface area (Å²) in [6.07, 6.45) is 5.89. The number of nitrogens with one attached hydrogen (secondary N) is 1. The Bertz CT molecular complexity index is 1260. The van der Waals surface area contributed by atoms with Crippen LogP contribution >= 0.6 is 0 Å². The summed E-state index contributed by atoms with van der Waals surface area (Å²) < 4.78 is 38.9. The smallest absolute Gasteiger partial charge is 0.248 e. The number of nitrogens with zero attached hydrogens (tertiary/aromatic N) is 2. The molecule has 0 spiro atoms. The van der Waals surface area contributed by atoms with Crippen molar-refractivity contribution in [2.75, 3.05) is 18.4 Å². The number of carbonyl (C=O) groups is 1. The quantitative estimate of drug-likeness (QED) is 0.574. The first kappa shape index (κ1) is 23.0. The predicted octanol–water partition coefficient (Wildman–Crippen LogP) is 4.40. The van der Waals surface area contributed by atoms with Gasteiger partial charge < -0.3 is 14.3 Å². The first-order chi connectivity index (χ1) is 15.7. The van der Waals surface area contributed by atoms with Crippen LogP contribution in [0.4, 0.5) is 5.69 Å². The molecule has 1 atom stereocenters. The van der Waals surface area contributed by atoms with Gasteiger partial charge in [-0.3, -0.25) is 4.79 Å². The first-order valence-corrected chi connectivity index (χ1v) is 12.3. The highest BCUT2D eigenvalue weighted by Gasteiger charge is 2.37. The van der Waals surface area contributed by atoms with Crippen molar-refractivity contribution in [3.05, 3.63) is 64.9 Å². The molecule has 3 aromatic rings. The van der Waals surface area contributed by atoms with Crippen molar-refractivity contribution in [1.29, 1.82) is 0 Å². The van der Waals surface area contributed by atoms with Crippen molar-refractivity contribution in [1.82, 2.24) is 9.46 Å². The maximum Gasteiger partial charge on any atom is 0.248 e. The summed E-state index contributed by atoms with van der Waals surface area (Å²) in [4.78, 5) is 12.9. The lowest BCUT2D eigenvalue weighted by molar-refractivity contribution is -0.120. The molecule has 0 radical (unpaired) electrons. The standard InChI is InChI=1S/C24H27N3O5S/c1-16-12-17(2)14-20(13-16)25-24(28)19-6-4-10-27(15-19)33(29,30)23-18(3)26-32-22(23)9-8-21-7-5-11-31-21/h5,7-9,11-14,19H,4,6,10,15H2,1-3H3,(H,25,28)/b9-8+/t19-/m0/s1. The highest BCUT2D eigenvalue weighted by molar-refractivity contribution is 7.89. The summed E-state index contributed by atoms with van der Waals surface area (Å²) in [5.74, 6) is 0.0655. The van der Waals surface area contributed by atoms with Gasteiger partial charge in [0.2, 0.25) is 15.9 Å². The van der Waals surface area contributed by atoms with Gasteiger partial charge in [0.05, 0.1) is 12.2 Å². The Morgan fingerprint density at radius 3 is 2.64 bits per heavy atom. The SMILES string of the molecule is Cc1cc(C)cc(NC(=O)[C@H]2CCCN(S(=O)(=O)c3c(C)noc3/C=C/c3ccco3)C2)c1. The van der Waals surface area contributed by atoms with Crippen LogP contribution in [0.2, 0.25) is 0 Å². The van der Waals surface area contributed by atoms with E-state index in [4.69, 9.17) is 8.94 Å². The van der Waals surface area contributed by atoms with Crippen LogP contribution in [0.5, 0.6) is 0 Å². The van der Waals surface area contributed by atoms with Crippen molar-refractivity contribution < 1.29 is 22.2 Å². The molecule has 0 aliphatic carbocycles. The number of benzene rings is 1. The zero-order valence-electron chi connectivity index (χ0n) is 18.9. The average molecular weight is 470 g/mol. The van der Waals surface area contributed by atoms with Gasteiger partial charge in [0.1, 0.15) is 11.5 Å². The fourth-order valence-electron chi connectivity index (χ4n) is 4.14. The van der Waals surface area contributed by atoms with E-state index in [1.54, 1.807) is 25.1 Å². The number of sulfonamides is 1. The van der Waals surface area contributed by atoms with Crippen LogP contribution in [-0.2, 0) is 14.8 Å². The van der Waals surface area contributed by atoms with E-state index in [0.717, 1.165) is 16.8 Å². The van der Waals surface area contributed by atoms with Gasteiger partial charge in [0, 0.05) is 18.8 Å². The lowest BCUT2D eigenvalue weighted by atomic mass is 9.98. The summed E-state index contributed by atoms with van der Waals surface area (Å²) in [5, 5.41) is 6.81. The van der Waals surface area contributed by atoms with Crippen molar-refractivity contribution in [2.24, 2.45) is 5.92 Å². The van der Waals surface area contributed by atoms with Crippen LogP contribution < -0.4 is 5.32 Å².